The fourth-order valence-electron chi connectivity index (χ4n) is 4.93. The number of benzene rings is 2. The van der Waals surface area contributed by atoms with E-state index in [1.54, 1.807) is 0 Å². The Morgan fingerprint density at radius 2 is 1.85 bits per heavy atom. The van der Waals surface area contributed by atoms with Crippen LogP contribution in [0, 0.1) is 5.41 Å². The Morgan fingerprint density at radius 1 is 1.09 bits per heavy atom. The first-order chi connectivity index (χ1) is 15.8. The molecule has 0 spiro atoms. The number of fused-ring (bicyclic) bond motifs is 1. The van der Waals surface area contributed by atoms with E-state index in [1.807, 2.05) is 55.5 Å². The molecular formula is C27H27NO5. The lowest BCUT2D eigenvalue weighted by Gasteiger charge is -2.39. The molecule has 1 unspecified atom stereocenters. The van der Waals surface area contributed by atoms with Gasteiger partial charge in [0.25, 0.3) is 0 Å². The first kappa shape index (κ1) is 21.3. The van der Waals surface area contributed by atoms with Gasteiger partial charge in [0.15, 0.2) is 17.3 Å². The maximum Gasteiger partial charge on any atom is 0.337 e. The topological polar surface area (TPSA) is 73.9 Å². The molecular weight excluding hydrogens is 418 g/mol. The van der Waals surface area contributed by atoms with Crippen molar-refractivity contribution in [2.45, 2.75) is 46.1 Å². The molecule has 5 rings (SSSR count). The van der Waals surface area contributed by atoms with Gasteiger partial charge in [-0.3, -0.25) is 4.79 Å². The van der Waals surface area contributed by atoms with Crippen molar-refractivity contribution in [3.63, 3.8) is 0 Å². The van der Waals surface area contributed by atoms with E-state index in [4.69, 9.17) is 14.2 Å². The molecule has 0 amide bonds. The molecule has 1 aliphatic carbocycles. The molecule has 2 aromatic carbocycles. The summed E-state index contributed by atoms with van der Waals surface area (Å²) in [5.74, 6) is 0.369. The highest BCUT2D eigenvalue weighted by atomic mass is 16.7. The van der Waals surface area contributed by atoms with Gasteiger partial charge >= 0.3 is 5.97 Å². The van der Waals surface area contributed by atoms with Gasteiger partial charge in [0.1, 0.15) is 6.61 Å². The van der Waals surface area contributed by atoms with Crippen LogP contribution in [0.1, 0.15) is 50.7 Å². The molecule has 0 bridgehead atoms. The predicted octanol–water partition coefficient (Wildman–Crippen LogP) is 4.76. The summed E-state index contributed by atoms with van der Waals surface area (Å²) in [7, 11) is 0. The Kier molecular flexibility index (Phi) is 5.23. The van der Waals surface area contributed by atoms with E-state index in [0.29, 0.717) is 34.8 Å². The van der Waals surface area contributed by atoms with Crippen molar-refractivity contribution >= 4 is 11.8 Å². The number of Topliss-reactive ketones (excluding diaryl/α,β-unsaturated/α-hetero) is 1. The Balaban J connectivity index is 1.55. The summed E-state index contributed by atoms with van der Waals surface area (Å²) < 4.78 is 16.8. The normalized spacial score (nSPS) is 20.9. The molecule has 6 nitrogen and oxygen atoms in total. The van der Waals surface area contributed by atoms with Crippen LogP contribution in [-0.4, -0.2) is 18.5 Å². The molecule has 0 radical (unpaired) electrons. The Labute approximate surface area is 193 Å². The first-order valence-corrected chi connectivity index (χ1v) is 11.2. The van der Waals surface area contributed by atoms with Crippen molar-refractivity contribution in [1.29, 1.82) is 0 Å². The van der Waals surface area contributed by atoms with Crippen molar-refractivity contribution in [2.75, 3.05) is 6.79 Å². The van der Waals surface area contributed by atoms with Crippen LogP contribution in [0.25, 0.3) is 0 Å². The summed E-state index contributed by atoms with van der Waals surface area (Å²) in [4.78, 5) is 26.8. The number of carbonyl (C=O) groups is 2. The average molecular weight is 446 g/mol. The Bertz CT molecular complexity index is 1190. The summed E-state index contributed by atoms with van der Waals surface area (Å²) in [6, 6.07) is 15.2. The summed E-state index contributed by atoms with van der Waals surface area (Å²) in [5, 5.41) is 3.37. The number of nitrogens with one attached hydrogen (secondary N) is 1. The standard InChI is InChI=1S/C27H27NO5/c1-16-23(26(30)31-14-17-7-5-4-6-8-17)24(18-9-10-21-22(11-18)33-15-32-21)25-19(28-16)12-27(2,3)13-20(25)29/h4-11,24,28H,12-15H2,1-3H3. The lowest BCUT2D eigenvalue weighted by Crippen LogP contribution is -2.38. The number of esters is 1. The number of hydrogen-bond acceptors (Lipinski definition) is 6. The van der Waals surface area contributed by atoms with Gasteiger partial charge in [0.05, 0.1) is 5.57 Å². The van der Waals surface area contributed by atoms with E-state index in [0.717, 1.165) is 23.2 Å². The van der Waals surface area contributed by atoms with Gasteiger partial charge in [-0.2, -0.15) is 0 Å². The number of ether oxygens (including phenoxy) is 3. The predicted molar refractivity (Wildman–Crippen MR) is 122 cm³/mol. The number of dihydropyridines is 1. The maximum atomic E-state index is 13.4. The third kappa shape index (κ3) is 4.01. The van der Waals surface area contributed by atoms with Crippen molar-refractivity contribution in [3.8, 4) is 11.5 Å². The highest BCUT2D eigenvalue weighted by Crippen LogP contribution is 2.48. The first-order valence-electron chi connectivity index (χ1n) is 11.2. The summed E-state index contributed by atoms with van der Waals surface area (Å²) in [6.07, 6.45) is 1.17. The highest BCUT2D eigenvalue weighted by molar-refractivity contribution is 6.04. The smallest absolute Gasteiger partial charge is 0.337 e. The minimum Gasteiger partial charge on any atom is -0.457 e. The molecule has 170 valence electrons. The largest absolute Gasteiger partial charge is 0.457 e. The summed E-state index contributed by atoms with van der Waals surface area (Å²) >= 11 is 0. The fourth-order valence-corrected chi connectivity index (χ4v) is 4.93. The minimum absolute atomic E-state index is 0.0530. The average Bonchev–Trinajstić information content (AvgIpc) is 3.24. The lowest BCUT2D eigenvalue weighted by atomic mass is 9.68. The summed E-state index contributed by atoms with van der Waals surface area (Å²) in [5.41, 5.74) is 4.27. The van der Waals surface area contributed by atoms with Crippen LogP contribution in [0.2, 0.25) is 0 Å². The van der Waals surface area contributed by atoms with Gasteiger partial charge in [-0.15, -0.1) is 0 Å². The second kappa shape index (κ2) is 8.10. The van der Waals surface area contributed by atoms with Crippen molar-refractivity contribution < 1.29 is 23.8 Å². The molecule has 0 saturated heterocycles. The van der Waals surface area contributed by atoms with E-state index in [2.05, 4.69) is 19.2 Å². The quantitative estimate of drug-likeness (QED) is 0.684. The van der Waals surface area contributed by atoms with Gasteiger partial charge in [-0.1, -0.05) is 50.2 Å². The van der Waals surface area contributed by atoms with Gasteiger partial charge in [0, 0.05) is 29.3 Å². The third-order valence-corrected chi connectivity index (χ3v) is 6.40. The van der Waals surface area contributed by atoms with Crippen LogP contribution in [0.4, 0.5) is 0 Å². The number of allylic oxidation sites excluding steroid dienone is 3. The maximum absolute atomic E-state index is 13.4. The van der Waals surface area contributed by atoms with Gasteiger partial charge in [0.2, 0.25) is 6.79 Å². The van der Waals surface area contributed by atoms with Crippen molar-refractivity contribution in [2.24, 2.45) is 5.41 Å². The van der Waals surface area contributed by atoms with Gasteiger partial charge < -0.3 is 19.5 Å². The molecule has 33 heavy (non-hydrogen) atoms. The Morgan fingerprint density at radius 3 is 2.64 bits per heavy atom. The fraction of sp³-hybridized carbons (Fsp3) is 0.333. The SMILES string of the molecule is CC1=C(C(=O)OCc2ccccc2)C(c2ccc3c(c2)OCO3)C2=C(CC(C)(C)CC2=O)N1. The van der Waals surface area contributed by atoms with Crippen LogP contribution in [-0.2, 0) is 20.9 Å². The minimum atomic E-state index is -0.525. The van der Waals surface area contributed by atoms with Gasteiger partial charge in [-0.05, 0) is 42.0 Å². The van der Waals surface area contributed by atoms with Crippen molar-refractivity contribution in [1.82, 2.24) is 5.32 Å². The summed E-state index contributed by atoms with van der Waals surface area (Å²) in [6.45, 7) is 6.38. The molecule has 1 N–H and O–H groups in total. The van der Waals surface area contributed by atoms with E-state index < -0.39 is 11.9 Å². The second-order valence-corrected chi connectivity index (χ2v) is 9.60. The monoisotopic (exact) mass is 445 g/mol. The molecule has 0 fully saturated rings. The third-order valence-electron chi connectivity index (χ3n) is 6.40. The molecule has 2 heterocycles. The second-order valence-electron chi connectivity index (χ2n) is 9.60. The van der Waals surface area contributed by atoms with Crippen LogP contribution in [0.15, 0.2) is 71.1 Å². The number of ketones is 1. The zero-order valence-electron chi connectivity index (χ0n) is 19.1. The van der Waals surface area contributed by atoms with E-state index in [1.165, 1.54) is 0 Å². The van der Waals surface area contributed by atoms with E-state index in [9.17, 15) is 9.59 Å². The number of hydrogen-bond donors (Lipinski definition) is 1. The number of rotatable bonds is 4. The molecule has 0 saturated carbocycles. The van der Waals surface area contributed by atoms with E-state index in [-0.39, 0.29) is 24.6 Å². The molecule has 6 heteroatoms. The molecule has 2 aromatic rings. The zero-order valence-corrected chi connectivity index (χ0v) is 19.1. The van der Waals surface area contributed by atoms with Gasteiger partial charge in [-0.25, -0.2) is 4.79 Å². The van der Waals surface area contributed by atoms with Crippen LogP contribution in [0.3, 0.4) is 0 Å². The van der Waals surface area contributed by atoms with Crippen LogP contribution in [0.5, 0.6) is 11.5 Å². The Hall–Kier alpha value is -3.54. The molecule has 3 aliphatic rings. The van der Waals surface area contributed by atoms with Crippen molar-refractivity contribution in [3.05, 3.63) is 82.2 Å². The van der Waals surface area contributed by atoms with E-state index >= 15 is 0 Å². The van der Waals surface area contributed by atoms with Crippen LogP contribution < -0.4 is 14.8 Å². The lowest BCUT2D eigenvalue weighted by molar-refractivity contribution is -0.140. The molecule has 1 atom stereocenters. The highest BCUT2D eigenvalue weighted by Gasteiger charge is 2.43. The molecule has 0 aromatic heterocycles. The molecule has 2 aliphatic heterocycles. The van der Waals surface area contributed by atoms with Crippen LogP contribution >= 0.6 is 0 Å². The number of carbonyl (C=O) groups excluding carboxylic acids is 2. The zero-order chi connectivity index (χ0) is 23.2.